The predicted molar refractivity (Wildman–Crippen MR) is 51.8 cm³/mol. The molecule has 2 aromatic rings. The number of hydrogen-bond donors (Lipinski definition) is 0. The Morgan fingerprint density at radius 2 is 2.00 bits per heavy atom. The molecule has 0 N–H and O–H groups in total. The fourth-order valence-electron chi connectivity index (χ4n) is 1.33. The third-order valence-corrected chi connectivity index (χ3v) is 2.02. The van der Waals surface area contributed by atoms with Gasteiger partial charge in [0.15, 0.2) is 0 Å². The zero-order valence-electron chi connectivity index (χ0n) is 7.37. The minimum atomic E-state index is 0.265. The van der Waals surface area contributed by atoms with E-state index in [9.17, 15) is 0 Å². The second-order valence-corrected chi connectivity index (χ2v) is 3.29. The molecule has 0 radical (unpaired) electrons. The highest BCUT2D eigenvalue weighted by atomic mass is 35.5. The lowest BCUT2D eigenvalue weighted by Gasteiger charge is -2.01. The summed E-state index contributed by atoms with van der Waals surface area (Å²) in [5.74, 6) is 0. The number of nitrogens with zero attached hydrogens (tertiary/aromatic N) is 3. The van der Waals surface area contributed by atoms with Crippen molar-refractivity contribution in [3.05, 3.63) is 28.8 Å². The van der Waals surface area contributed by atoms with E-state index in [1.165, 1.54) is 0 Å². The van der Waals surface area contributed by atoms with Gasteiger partial charge >= 0.3 is 0 Å². The molecule has 4 heteroatoms. The molecule has 0 spiro atoms. The zero-order valence-corrected chi connectivity index (χ0v) is 8.13. The Hall–Kier alpha value is -1.22. The number of hydrogen-bond acceptors (Lipinski definition) is 3. The minimum Gasteiger partial charge on any atom is -0.250 e. The molecule has 2 rings (SSSR count). The lowest BCUT2D eigenvalue weighted by Crippen LogP contribution is -1.92. The molecule has 0 fully saturated rings. The van der Waals surface area contributed by atoms with Crippen LogP contribution in [0.5, 0.6) is 0 Å². The average Bonchev–Trinajstić information content (AvgIpc) is 2.06. The highest BCUT2D eigenvalue weighted by Gasteiger charge is 2.02. The van der Waals surface area contributed by atoms with Crippen LogP contribution in [-0.2, 0) is 0 Å². The van der Waals surface area contributed by atoms with E-state index in [0.717, 1.165) is 22.3 Å². The van der Waals surface area contributed by atoms with Crippen LogP contribution in [0.1, 0.15) is 11.3 Å². The smallest absolute Gasteiger partial charge is 0.223 e. The van der Waals surface area contributed by atoms with Crippen LogP contribution in [0.25, 0.3) is 11.0 Å². The molecule has 66 valence electrons. The third kappa shape index (κ3) is 1.47. The van der Waals surface area contributed by atoms with Gasteiger partial charge in [-0.25, -0.2) is 15.0 Å². The zero-order chi connectivity index (χ0) is 9.42. The topological polar surface area (TPSA) is 38.7 Å². The highest BCUT2D eigenvalue weighted by Crippen LogP contribution is 2.15. The largest absolute Gasteiger partial charge is 0.250 e. The average molecular weight is 194 g/mol. The maximum Gasteiger partial charge on any atom is 0.223 e. The summed E-state index contributed by atoms with van der Waals surface area (Å²) in [5.41, 5.74) is 3.66. The van der Waals surface area contributed by atoms with E-state index >= 15 is 0 Å². The van der Waals surface area contributed by atoms with Crippen LogP contribution in [0.4, 0.5) is 0 Å². The van der Waals surface area contributed by atoms with Gasteiger partial charge in [0.05, 0.1) is 11.7 Å². The summed E-state index contributed by atoms with van der Waals surface area (Å²) < 4.78 is 0. The van der Waals surface area contributed by atoms with Crippen molar-refractivity contribution >= 4 is 22.6 Å². The first-order valence-corrected chi connectivity index (χ1v) is 4.31. The van der Waals surface area contributed by atoms with Gasteiger partial charge in [-0.15, -0.1) is 0 Å². The summed E-state index contributed by atoms with van der Waals surface area (Å²) in [6, 6.07) is 1.98. The molecule has 0 amide bonds. The van der Waals surface area contributed by atoms with Crippen molar-refractivity contribution in [2.45, 2.75) is 13.8 Å². The van der Waals surface area contributed by atoms with Crippen molar-refractivity contribution in [3.63, 3.8) is 0 Å². The Balaban J connectivity index is 2.87. The molecule has 13 heavy (non-hydrogen) atoms. The lowest BCUT2D eigenvalue weighted by atomic mass is 10.2. The number of aryl methyl sites for hydroxylation is 2. The molecule has 0 atom stereocenters. The Morgan fingerprint density at radius 3 is 2.77 bits per heavy atom. The molecule has 3 nitrogen and oxygen atoms in total. The van der Waals surface area contributed by atoms with Gasteiger partial charge in [-0.2, -0.15) is 0 Å². The first kappa shape index (κ1) is 8.38. The van der Waals surface area contributed by atoms with Crippen molar-refractivity contribution in [3.8, 4) is 0 Å². The minimum absolute atomic E-state index is 0.265. The number of rotatable bonds is 0. The molecule has 0 aliphatic rings. The standard InChI is InChI=1S/C9H8ClN3/c1-5-3-6(2)12-7-4-11-9(10)13-8(5)7/h3-4H,1-2H3. The van der Waals surface area contributed by atoms with Crippen LogP contribution in [-0.4, -0.2) is 15.0 Å². The van der Waals surface area contributed by atoms with Crippen molar-refractivity contribution in [2.75, 3.05) is 0 Å². The van der Waals surface area contributed by atoms with Crippen LogP contribution in [0.2, 0.25) is 5.28 Å². The van der Waals surface area contributed by atoms with E-state index in [1.54, 1.807) is 6.20 Å². The molecule has 0 aliphatic carbocycles. The van der Waals surface area contributed by atoms with E-state index < -0.39 is 0 Å². The van der Waals surface area contributed by atoms with E-state index in [0.29, 0.717) is 0 Å². The summed E-state index contributed by atoms with van der Waals surface area (Å²) in [6.45, 7) is 3.93. The monoisotopic (exact) mass is 193 g/mol. The van der Waals surface area contributed by atoms with Gasteiger partial charge in [-0.1, -0.05) is 0 Å². The normalized spacial score (nSPS) is 10.7. The first-order chi connectivity index (χ1) is 6.16. The van der Waals surface area contributed by atoms with Gasteiger partial charge < -0.3 is 0 Å². The van der Waals surface area contributed by atoms with Crippen molar-refractivity contribution in [1.82, 2.24) is 15.0 Å². The SMILES string of the molecule is Cc1cc(C)c2nc(Cl)ncc2n1. The van der Waals surface area contributed by atoms with Gasteiger partial charge in [-0.05, 0) is 37.1 Å². The van der Waals surface area contributed by atoms with Crippen molar-refractivity contribution < 1.29 is 0 Å². The molecule has 2 heterocycles. The second kappa shape index (κ2) is 2.92. The van der Waals surface area contributed by atoms with Gasteiger partial charge in [0.1, 0.15) is 5.52 Å². The summed E-state index contributed by atoms with van der Waals surface area (Å²) in [6.07, 6.45) is 1.64. The molecule has 0 bridgehead atoms. The van der Waals surface area contributed by atoms with Crippen LogP contribution < -0.4 is 0 Å². The summed E-state index contributed by atoms with van der Waals surface area (Å²) >= 11 is 5.68. The fourth-order valence-corrected chi connectivity index (χ4v) is 1.46. The van der Waals surface area contributed by atoms with Crippen LogP contribution in [0.3, 0.4) is 0 Å². The van der Waals surface area contributed by atoms with Gasteiger partial charge in [0.2, 0.25) is 5.28 Å². The number of fused-ring (bicyclic) bond motifs is 1. The number of aromatic nitrogens is 3. The third-order valence-electron chi connectivity index (χ3n) is 1.84. The Bertz CT molecular complexity index is 468. The summed E-state index contributed by atoms with van der Waals surface area (Å²) in [5, 5.41) is 0.265. The quantitative estimate of drug-likeness (QED) is 0.603. The van der Waals surface area contributed by atoms with Crippen molar-refractivity contribution in [1.29, 1.82) is 0 Å². The van der Waals surface area contributed by atoms with E-state index in [1.807, 2.05) is 19.9 Å². The van der Waals surface area contributed by atoms with Gasteiger partial charge in [0.25, 0.3) is 0 Å². The number of pyridine rings is 1. The molecule has 2 aromatic heterocycles. The molecular weight excluding hydrogens is 186 g/mol. The van der Waals surface area contributed by atoms with Gasteiger partial charge in [-0.3, -0.25) is 0 Å². The molecular formula is C9H8ClN3. The number of halogens is 1. The molecule has 0 aliphatic heterocycles. The van der Waals surface area contributed by atoms with E-state index in [4.69, 9.17) is 11.6 Å². The Kier molecular flexibility index (Phi) is 1.88. The van der Waals surface area contributed by atoms with Crippen LogP contribution in [0.15, 0.2) is 12.3 Å². The maximum atomic E-state index is 5.68. The lowest BCUT2D eigenvalue weighted by molar-refractivity contribution is 1.15. The van der Waals surface area contributed by atoms with E-state index in [2.05, 4.69) is 15.0 Å². The Morgan fingerprint density at radius 1 is 1.23 bits per heavy atom. The molecule has 0 saturated heterocycles. The van der Waals surface area contributed by atoms with Crippen LogP contribution >= 0.6 is 11.6 Å². The van der Waals surface area contributed by atoms with Crippen LogP contribution in [0, 0.1) is 13.8 Å². The van der Waals surface area contributed by atoms with E-state index in [-0.39, 0.29) is 5.28 Å². The second-order valence-electron chi connectivity index (χ2n) is 2.95. The molecule has 0 unspecified atom stereocenters. The summed E-state index contributed by atoms with van der Waals surface area (Å²) in [7, 11) is 0. The molecule has 0 aromatic carbocycles. The maximum absolute atomic E-state index is 5.68. The first-order valence-electron chi connectivity index (χ1n) is 3.93. The highest BCUT2D eigenvalue weighted by molar-refractivity contribution is 6.28. The van der Waals surface area contributed by atoms with Gasteiger partial charge in [0, 0.05) is 5.69 Å². The predicted octanol–water partition coefficient (Wildman–Crippen LogP) is 2.30. The molecule has 0 saturated carbocycles. The summed E-state index contributed by atoms with van der Waals surface area (Å²) in [4.78, 5) is 12.3. The fraction of sp³-hybridized carbons (Fsp3) is 0.222. The Labute approximate surface area is 80.8 Å². The van der Waals surface area contributed by atoms with Crippen molar-refractivity contribution in [2.24, 2.45) is 0 Å².